The molecule has 1 aromatic rings. The van der Waals surface area contributed by atoms with Crippen molar-refractivity contribution in [1.82, 2.24) is 5.32 Å². The lowest BCUT2D eigenvalue weighted by Crippen LogP contribution is -2.23. The van der Waals surface area contributed by atoms with Crippen molar-refractivity contribution in [2.24, 2.45) is 0 Å². The lowest BCUT2D eigenvalue weighted by molar-refractivity contribution is 0.549. The van der Waals surface area contributed by atoms with E-state index in [1.807, 2.05) is 11.3 Å². The molecule has 1 rings (SSSR count). The molecule has 0 saturated heterocycles. The molecule has 86 valence electrons. The van der Waals surface area contributed by atoms with Crippen molar-refractivity contribution < 1.29 is 0 Å². The predicted octanol–water partition coefficient (Wildman–Crippen LogP) is 4.22. The van der Waals surface area contributed by atoms with Gasteiger partial charge in [-0.05, 0) is 53.2 Å². The van der Waals surface area contributed by atoms with Gasteiger partial charge in [0.1, 0.15) is 0 Å². The van der Waals surface area contributed by atoms with Crippen molar-refractivity contribution in [3.05, 3.63) is 20.8 Å². The molecule has 1 aromatic heterocycles. The summed E-state index contributed by atoms with van der Waals surface area (Å²) in [5.74, 6) is 0. The average Bonchev–Trinajstić information content (AvgIpc) is 2.57. The van der Waals surface area contributed by atoms with E-state index in [1.54, 1.807) is 0 Å². The first-order valence-electron chi connectivity index (χ1n) is 5.65. The first-order valence-corrected chi connectivity index (χ1v) is 7.32. The number of halogens is 1. The van der Waals surface area contributed by atoms with Gasteiger partial charge in [-0.1, -0.05) is 20.3 Å². The van der Waals surface area contributed by atoms with E-state index in [0.717, 1.165) is 6.54 Å². The Bertz CT molecular complexity index is 270. The highest BCUT2D eigenvalue weighted by molar-refractivity contribution is 9.10. The maximum absolute atomic E-state index is 3.57. The fourth-order valence-electron chi connectivity index (χ4n) is 1.48. The van der Waals surface area contributed by atoms with Gasteiger partial charge in [-0.3, -0.25) is 0 Å². The summed E-state index contributed by atoms with van der Waals surface area (Å²) in [6.45, 7) is 5.55. The number of hydrogen-bond acceptors (Lipinski definition) is 2. The third-order valence-corrected chi connectivity index (χ3v) is 4.31. The van der Waals surface area contributed by atoms with Crippen LogP contribution in [0.15, 0.2) is 15.9 Å². The number of hydrogen-bond donors (Lipinski definition) is 1. The molecule has 1 nitrogen and oxygen atoms in total. The van der Waals surface area contributed by atoms with Crippen molar-refractivity contribution in [2.45, 2.75) is 45.6 Å². The minimum Gasteiger partial charge on any atom is -0.315 e. The van der Waals surface area contributed by atoms with E-state index < -0.39 is 0 Å². The van der Waals surface area contributed by atoms with E-state index in [1.165, 1.54) is 35.0 Å². The van der Waals surface area contributed by atoms with Gasteiger partial charge in [0.25, 0.3) is 0 Å². The maximum Gasteiger partial charge on any atom is 0.0314 e. The molecule has 0 fully saturated rings. The summed E-state index contributed by atoms with van der Waals surface area (Å²) >= 11 is 5.42. The molecule has 0 radical (unpaired) electrons. The number of thiophene rings is 1. The Balaban J connectivity index is 2.00. The molecule has 0 aliphatic rings. The number of aryl methyl sites for hydroxylation is 1. The van der Waals surface area contributed by atoms with Gasteiger partial charge in [0, 0.05) is 15.4 Å². The molecule has 1 N–H and O–H groups in total. The zero-order valence-corrected chi connectivity index (χ0v) is 12.0. The van der Waals surface area contributed by atoms with Gasteiger partial charge in [0.05, 0.1) is 0 Å². The van der Waals surface area contributed by atoms with Crippen LogP contribution in [0.2, 0.25) is 0 Å². The number of rotatable bonds is 7. The standard InChI is InChI=1S/C12H20BrNS/c1-10(2)14-8-5-3-4-6-12-11(13)7-9-15-12/h7,9-10,14H,3-6,8H2,1-2H3. The molecule has 1 heterocycles. The Morgan fingerprint density at radius 2 is 2.13 bits per heavy atom. The summed E-state index contributed by atoms with van der Waals surface area (Å²) in [5.41, 5.74) is 0. The first-order chi connectivity index (χ1) is 7.20. The highest BCUT2D eigenvalue weighted by Gasteiger charge is 2.00. The van der Waals surface area contributed by atoms with Crippen molar-refractivity contribution in [2.75, 3.05) is 6.54 Å². The van der Waals surface area contributed by atoms with Crippen LogP contribution in [-0.4, -0.2) is 12.6 Å². The summed E-state index contributed by atoms with van der Waals surface area (Å²) in [5, 5.41) is 5.60. The van der Waals surface area contributed by atoms with Crippen molar-refractivity contribution >= 4 is 27.3 Å². The normalized spacial score (nSPS) is 11.2. The molecule has 0 aromatic carbocycles. The van der Waals surface area contributed by atoms with E-state index >= 15 is 0 Å². The van der Waals surface area contributed by atoms with Gasteiger partial charge in [0.2, 0.25) is 0 Å². The zero-order valence-electron chi connectivity index (χ0n) is 9.55. The van der Waals surface area contributed by atoms with E-state index in [4.69, 9.17) is 0 Å². The molecular weight excluding hydrogens is 270 g/mol. The molecule has 0 aliphatic heterocycles. The molecule has 0 amide bonds. The van der Waals surface area contributed by atoms with E-state index in [0.29, 0.717) is 6.04 Å². The lowest BCUT2D eigenvalue weighted by atomic mass is 10.1. The molecular formula is C12H20BrNS. The summed E-state index contributed by atoms with van der Waals surface area (Å²) in [7, 11) is 0. The summed E-state index contributed by atoms with van der Waals surface area (Å²) in [6, 6.07) is 2.76. The Hall–Kier alpha value is 0.140. The van der Waals surface area contributed by atoms with Crippen LogP contribution in [0, 0.1) is 0 Å². The summed E-state index contributed by atoms with van der Waals surface area (Å²) in [4.78, 5) is 1.49. The highest BCUT2D eigenvalue weighted by atomic mass is 79.9. The molecule has 0 spiro atoms. The molecule has 0 atom stereocenters. The second kappa shape index (κ2) is 7.42. The largest absolute Gasteiger partial charge is 0.315 e. The van der Waals surface area contributed by atoms with Crippen LogP contribution in [0.3, 0.4) is 0 Å². The minimum absolute atomic E-state index is 0.622. The van der Waals surface area contributed by atoms with Crippen LogP contribution < -0.4 is 5.32 Å². The Labute approximate surface area is 105 Å². The monoisotopic (exact) mass is 289 g/mol. The van der Waals surface area contributed by atoms with Gasteiger partial charge in [-0.25, -0.2) is 0 Å². The predicted molar refractivity (Wildman–Crippen MR) is 72.7 cm³/mol. The van der Waals surface area contributed by atoms with Crippen LogP contribution >= 0.6 is 27.3 Å². The Morgan fingerprint density at radius 3 is 2.73 bits per heavy atom. The fourth-order valence-corrected chi connectivity index (χ4v) is 3.08. The molecule has 15 heavy (non-hydrogen) atoms. The van der Waals surface area contributed by atoms with E-state index in [2.05, 4.69) is 46.5 Å². The van der Waals surface area contributed by atoms with Gasteiger partial charge < -0.3 is 5.32 Å². The SMILES string of the molecule is CC(C)NCCCCCc1sccc1Br. The number of unbranched alkanes of at least 4 members (excludes halogenated alkanes) is 2. The van der Waals surface area contributed by atoms with Crippen LogP contribution in [0.25, 0.3) is 0 Å². The van der Waals surface area contributed by atoms with Crippen molar-refractivity contribution in [1.29, 1.82) is 0 Å². The van der Waals surface area contributed by atoms with E-state index in [9.17, 15) is 0 Å². The highest BCUT2D eigenvalue weighted by Crippen LogP contribution is 2.24. The molecule has 0 aliphatic carbocycles. The first kappa shape index (κ1) is 13.2. The molecule has 0 bridgehead atoms. The Kier molecular flexibility index (Phi) is 6.53. The van der Waals surface area contributed by atoms with Crippen LogP contribution in [-0.2, 0) is 6.42 Å². The zero-order chi connectivity index (χ0) is 11.1. The molecule has 3 heteroatoms. The van der Waals surface area contributed by atoms with Gasteiger partial charge in [-0.2, -0.15) is 0 Å². The van der Waals surface area contributed by atoms with Crippen LogP contribution in [0.1, 0.15) is 38.0 Å². The van der Waals surface area contributed by atoms with Gasteiger partial charge in [0.15, 0.2) is 0 Å². The van der Waals surface area contributed by atoms with Gasteiger partial charge >= 0.3 is 0 Å². The van der Waals surface area contributed by atoms with Crippen molar-refractivity contribution in [3.63, 3.8) is 0 Å². The molecule has 0 saturated carbocycles. The third-order valence-electron chi connectivity index (χ3n) is 2.32. The summed E-state index contributed by atoms with van der Waals surface area (Å²) < 4.78 is 1.29. The molecule has 0 unspecified atom stereocenters. The topological polar surface area (TPSA) is 12.0 Å². The second-order valence-corrected chi connectivity index (χ2v) is 5.97. The third kappa shape index (κ3) is 5.69. The van der Waals surface area contributed by atoms with Crippen LogP contribution in [0.4, 0.5) is 0 Å². The summed E-state index contributed by atoms with van der Waals surface area (Å²) in [6.07, 6.45) is 5.14. The smallest absolute Gasteiger partial charge is 0.0314 e. The van der Waals surface area contributed by atoms with Crippen molar-refractivity contribution in [3.8, 4) is 0 Å². The van der Waals surface area contributed by atoms with Gasteiger partial charge in [-0.15, -0.1) is 11.3 Å². The second-order valence-electron chi connectivity index (χ2n) is 4.11. The maximum atomic E-state index is 3.57. The average molecular weight is 290 g/mol. The number of nitrogens with one attached hydrogen (secondary N) is 1. The van der Waals surface area contributed by atoms with Crippen LogP contribution in [0.5, 0.6) is 0 Å². The fraction of sp³-hybridized carbons (Fsp3) is 0.667. The lowest BCUT2D eigenvalue weighted by Gasteiger charge is -2.07. The quantitative estimate of drug-likeness (QED) is 0.741. The Morgan fingerprint density at radius 1 is 1.33 bits per heavy atom. The minimum atomic E-state index is 0.622. The van der Waals surface area contributed by atoms with E-state index in [-0.39, 0.29) is 0 Å².